The monoisotopic (exact) mass is 219 g/mol. The van der Waals surface area contributed by atoms with E-state index in [9.17, 15) is 4.79 Å². The lowest BCUT2D eigenvalue weighted by Gasteiger charge is -2.11. The van der Waals surface area contributed by atoms with Crippen LogP contribution in [-0.2, 0) is 0 Å². The molecule has 5 nitrogen and oxygen atoms in total. The SMILES string of the molecule is CCNC(=O)Nc1c(C#N)cccc1OC. The summed E-state index contributed by atoms with van der Waals surface area (Å²) in [6.07, 6.45) is 0. The second-order valence-electron chi connectivity index (χ2n) is 2.98. The van der Waals surface area contributed by atoms with Crippen LogP contribution in [0.4, 0.5) is 10.5 Å². The van der Waals surface area contributed by atoms with Gasteiger partial charge in [-0.2, -0.15) is 5.26 Å². The number of rotatable bonds is 3. The molecule has 0 saturated heterocycles. The second kappa shape index (κ2) is 5.61. The van der Waals surface area contributed by atoms with Gasteiger partial charge in [0.05, 0.1) is 12.7 Å². The molecule has 0 radical (unpaired) electrons. The van der Waals surface area contributed by atoms with E-state index in [-0.39, 0.29) is 6.03 Å². The van der Waals surface area contributed by atoms with E-state index in [1.807, 2.05) is 13.0 Å². The molecule has 0 aliphatic carbocycles. The van der Waals surface area contributed by atoms with E-state index >= 15 is 0 Å². The topological polar surface area (TPSA) is 74.2 Å². The summed E-state index contributed by atoms with van der Waals surface area (Å²) in [7, 11) is 1.49. The molecule has 5 heteroatoms. The van der Waals surface area contributed by atoms with Gasteiger partial charge in [0, 0.05) is 6.54 Å². The minimum absolute atomic E-state index is 0.358. The molecule has 0 fully saturated rings. The van der Waals surface area contributed by atoms with Gasteiger partial charge >= 0.3 is 6.03 Å². The van der Waals surface area contributed by atoms with Gasteiger partial charge < -0.3 is 15.4 Å². The van der Waals surface area contributed by atoms with Crippen LogP contribution in [0.25, 0.3) is 0 Å². The number of nitrogens with zero attached hydrogens (tertiary/aromatic N) is 1. The zero-order valence-corrected chi connectivity index (χ0v) is 9.20. The molecule has 0 atom stereocenters. The summed E-state index contributed by atoms with van der Waals surface area (Å²) in [6.45, 7) is 2.33. The van der Waals surface area contributed by atoms with Gasteiger partial charge in [-0.05, 0) is 19.1 Å². The molecule has 0 unspecified atom stereocenters. The summed E-state index contributed by atoms with van der Waals surface area (Å²) in [5, 5.41) is 14.1. The van der Waals surface area contributed by atoms with Crippen molar-refractivity contribution in [3.05, 3.63) is 23.8 Å². The Balaban J connectivity index is 3.01. The van der Waals surface area contributed by atoms with E-state index in [0.29, 0.717) is 23.5 Å². The van der Waals surface area contributed by atoms with E-state index < -0.39 is 0 Å². The predicted molar refractivity (Wildman–Crippen MR) is 60.4 cm³/mol. The van der Waals surface area contributed by atoms with E-state index in [2.05, 4.69) is 10.6 Å². The Hall–Kier alpha value is -2.22. The first-order valence-electron chi connectivity index (χ1n) is 4.84. The third-order valence-corrected chi connectivity index (χ3v) is 1.94. The average molecular weight is 219 g/mol. The fraction of sp³-hybridized carbons (Fsp3) is 0.273. The van der Waals surface area contributed by atoms with Gasteiger partial charge in [0.1, 0.15) is 17.5 Å². The Labute approximate surface area is 94.0 Å². The fourth-order valence-corrected chi connectivity index (χ4v) is 1.24. The maximum atomic E-state index is 11.4. The van der Waals surface area contributed by atoms with Crippen LogP contribution in [0.15, 0.2) is 18.2 Å². The molecule has 0 aliphatic heterocycles. The lowest BCUT2D eigenvalue weighted by atomic mass is 10.2. The highest BCUT2D eigenvalue weighted by atomic mass is 16.5. The molecule has 0 aliphatic rings. The number of urea groups is 1. The highest BCUT2D eigenvalue weighted by Crippen LogP contribution is 2.27. The molecule has 1 aromatic rings. The molecule has 84 valence electrons. The number of amides is 2. The number of hydrogen-bond acceptors (Lipinski definition) is 3. The van der Waals surface area contributed by atoms with Gasteiger partial charge in [-0.25, -0.2) is 4.79 Å². The Bertz CT molecular complexity index is 424. The zero-order valence-electron chi connectivity index (χ0n) is 9.20. The molecule has 2 N–H and O–H groups in total. The fourth-order valence-electron chi connectivity index (χ4n) is 1.24. The molecule has 1 aromatic carbocycles. The Kier molecular flexibility index (Phi) is 4.16. The molecule has 0 saturated carbocycles. The van der Waals surface area contributed by atoms with Crippen molar-refractivity contribution in [2.45, 2.75) is 6.92 Å². The quantitative estimate of drug-likeness (QED) is 0.812. The molecule has 2 amide bonds. The van der Waals surface area contributed by atoms with Crippen LogP contribution in [0.2, 0.25) is 0 Å². The maximum absolute atomic E-state index is 11.4. The summed E-state index contributed by atoms with van der Waals surface area (Å²) in [5.74, 6) is 0.463. The smallest absolute Gasteiger partial charge is 0.319 e. The maximum Gasteiger partial charge on any atom is 0.319 e. The van der Waals surface area contributed by atoms with Gasteiger partial charge in [0.2, 0.25) is 0 Å². The minimum Gasteiger partial charge on any atom is -0.495 e. The molecule has 1 rings (SSSR count). The first-order chi connectivity index (χ1) is 7.72. The highest BCUT2D eigenvalue weighted by Gasteiger charge is 2.11. The minimum atomic E-state index is -0.358. The largest absolute Gasteiger partial charge is 0.495 e. The zero-order chi connectivity index (χ0) is 12.0. The summed E-state index contributed by atoms with van der Waals surface area (Å²) >= 11 is 0. The average Bonchev–Trinajstić information content (AvgIpc) is 2.29. The van der Waals surface area contributed by atoms with Crippen molar-refractivity contribution in [3.63, 3.8) is 0 Å². The summed E-state index contributed by atoms with van der Waals surface area (Å²) in [5.41, 5.74) is 0.754. The van der Waals surface area contributed by atoms with Gasteiger partial charge in [-0.1, -0.05) is 6.07 Å². The summed E-state index contributed by atoms with van der Waals surface area (Å²) in [6, 6.07) is 6.63. The number of anilines is 1. The molecule has 0 bridgehead atoms. The number of hydrogen-bond donors (Lipinski definition) is 2. The van der Waals surface area contributed by atoms with Crippen molar-refractivity contribution in [2.24, 2.45) is 0 Å². The van der Waals surface area contributed by atoms with E-state index in [0.717, 1.165) is 0 Å². The Morgan fingerprint density at radius 1 is 1.56 bits per heavy atom. The summed E-state index contributed by atoms with van der Waals surface area (Å²) < 4.78 is 5.07. The molecular formula is C11H13N3O2. The van der Waals surface area contributed by atoms with Gasteiger partial charge in [0.25, 0.3) is 0 Å². The Morgan fingerprint density at radius 2 is 2.31 bits per heavy atom. The van der Waals surface area contributed by atoms with Crippen molar-refractivity contribution in [1.29, 1.82) is 5.26 Å². The standard InChI is InChI=1S/C11H13N3O2/c1-3-13-11(15)14-10-8(7-12)5-4-6-9(10)16-2/h4-6H,3H2,1-2H3,(H2,13,14,15). The first-order valence-corrected chi connectivity index (χ1v) is 4.84. The van der Waals surface area contributed by atoms with Crippen LogP contribution in [0, 0.1) is 11.3 Å². The number of methoxy groups -OCH3 is 1. The van der Waals surface area contributed by atoms with Gasteiger partial charge in [0.15, 0.2) is 0 Å². The Morgan fingerprint density at radius 3 is 2.88 bits per heavy atom. The van der Waals surface area contributed by atoms with Gasteiger partial charge in [-0.15, -0.1) is 0 Å². The third-order valence-electron chi connectivity index (χ3n) is 1.94. The number of nitriles is 1. The van der Waals surface area contributed by atoms with Crippen LogP contribution in [0.3, 0.4) is 0 Å². The molecule has 0 aromatic heterocycles. The van der Waals surface area contributed by atoms with E-state index in [1.54, 1.807) is 18.2 Å². The van der Waals surface area contributed by atoms with Crippen molar-refractivity contribution in [2.75, 3.05) is 19.0 Å². The molecule has 16 heavy (non-hydrogen) atoms. The second-order valence-corrected chi connectivity index (χ2v) is 2.98. The number of benzene rings is 1. The van der Waals surface area contributed by atoms with Crippen LogP contribution in [0.5, 0.6) is 5.75 Å². The van der Waals surface area contributed by atoms with Crippen LogP contribution < -0.4 is 15.4 Å². The van der Waals surface area contributed by atoms with Crippen LogP contribution in [0.1, 0.15) is 12.5 Å². The van der Waals surface area contributed by atoms with E-state index in [4.69, 9.17) is 10.00 Å². The highest BCUT2D eigenvalue weighted by molar-refractivity contribution is 5.92. The normalized spacial score (nSPS) is 9.06. The lowest BCUT2D eigenvalue weighted by molar-refractivity contribution is 0.252. The van der Waals surface area contributed by atoms with Crippen molar-refractivity contribution < 1.29 is 9.53 Å². The summed E-state index contributed by atoms with van der Waals surface area (Å²) in [4.78, 5) is 11.4. The van der Waals surface area contributed by atoms with Crippen molar-refractivity contribution in [1.82, 2.24) is 5.32 Å². The van der Waals surface area contributed by atoms with Crippen molar-refractivity contribution >= 4 is 11.7 Å². The van der Waals surface area contributed by atoms with Crippen molar-refractivity contribution in [3.8, 4) is 11.8 Å². The van der Waals surface area contributed by atoms with Gasteiger partial charge in [-0.3, -0.25) is 0 Å². The first kappa shape index (κ1) is 11.9. The van der Waals surface area contributed by atoms with E-state index in [1.165, 1.54) is 7.11 Å². The number of carbonyl (C=O) groups is 1. The van der Waals surface area contributed by atoms with Crippen LogP contribution in [-0.4, -0.2) is 19.7 Å². The molecular weight excluding hydrogens is 206 g/mol. The third kappa shape index (κ3) is 2.64. The predicted octanol–water partition coefficient (Wildman–Crippen LogP) is 1.71. The molecule has 0 heterocycles. The lowest BCUT2D eigenvalue weighted by Crippen LogP contribution is -2.28. The van der Waals surface area contributed by atoms with Crippen LogP contribution >= 0.6 is 0 Å². The number of ether oxygens (including phenoxy) is 1. The number of nitrogens with one attached hydrogen (secondary N) is 2. The molecule has 0 spiro atoms. The number of para-hydroxylation sites is 1. The number of carbonyl (C=O) groups excluding carboxylic acids is 1.